The smallest absolute Gasteiger partial charge is 0.293 e. The van der Waals surface area contributed by atoms with Gasteiger partial charge in [-0.15, -0.1) is 0 Å². The highest BCUT2D eigenvalue weighted by Crippen LogP contribution is 2.02. The summed E-state index contributed by atoms with van der Waals surface area (Å²) in [5.41, 5.74) is -0.0914. The molecule has 1 aromatic heterocycles. The summed E-state index contributed by atoms with van der Waals surface area (Å²) in [6, 6.07) is 0.186. The molecule has 0 bridgehead atoms. The van der Waals surface area contributed by atoms with Crippen molar-refractivity contribution < 1.29 is 4.74 Å². The van der Waals surface area contributed by atoms with Gasteiger partial charge in [0.25, 0.3) is 5.56 Å². The Morgan fingerprint density at radius 2 is 2.22 bits per heavy atom. The molecule has 0 aliphatic carbocycles. The quantitative estimate of drug-likeness (QED) is 0.812. The summed E-state index contributed by atoms with van der Waals surface area (Å²) in [7, 11) is 1.72. The van der Waals surface area contributed by atoms with Crippen molar-refractivity contribution in [2.45, 2.75) is 13.0 Å². The molecule has 6 heteroatoms. The molecule has 0 aromatic carbocycles. The number of ether oxygens (including phenoxy) is 1. The third-order valence-corrected chi connectivity index (χ3v) is 3.04. The molecule has 0 amide bonds. The lowest BCUT2D eigenvalue weighted by Gasteiger charge is -2.29. The van der Waals surface area contributed by atoms with Crippen LogP contribution in [0.5, 0.6) is 0 Å². The van der Waals surface area contributed by atoms with Gasteiger partial charge in [-0.2, -0.15) is 0 Å². The summed E-state index contributed by atoms with van der Waals surface area (Å²) < 4.78 is 6.83. The number of hydrogen-bond donors (Lipinski definition) is 1. The lowest BCUT2D eigenvalue weighted by atomic mass is 10.3. The average molecular weight is 252 g/mol. The highest BCUT2D eigenvalue weighted by Gasteiger charge is 2.14. The fourth-order valence-corrected chi connectivity index (χ4v) is 2.05. The molecule has 1 aliphatic rings. The van der Waals surface area contributed by atoms with E-state index < -0.39 is 0 Å². The van der Waals surface area contributed by atoms with E-state index in [0.717, 1.165) is 32.8 Å². The van der Waals surface area contributed by atoms with E-state index in [1.165, 1.54) is 4.57 Å². The first-order valence-corrected chi connectivity index (χ1v) is 6.25. The van der Waals surface area contributed by atoms with Crippen LogP contribution in [0.3, 0.4) is 0 Å². The number of rotatable bonds is 4. The molecule has 1 fully saturated rings. The van der Waals surface area contributed by atoms with Crippen molar-refractivity contribution in [2.24, 2.45) is 7.05 Å². The zero-order valence-electron chi connectivity index (χ0n) is 10.9. The Labute approximate surface area is 107 Å². The monoisotopic (exact) mass is 252 g/mol. The van der Waals surface area contributed by atoms with Crippen molar-refractivity contribution in [1.29, 1.82) is 0 Å². The SMILES string of the molecule is CC(CN1CCOCC1)Nc1nccn(C)c1=O. The van der Waals surface area contributed by atoms with E-state index in [9.17, 15) is 4.79 Å². The van der Waals surface area contributed by atoms with Crippen LogP contribution in [0.15, 0.2) is 17.2 Å². The molecule has 1 aromatic rings. The van der Waals surface area contributed by atoms with Crippen molar-refractivity contribution in [3.05, 3.63) is 22.7 Å². The van der Waals surface area contributed by atoms with Gasteiger partial charge in [-0.05, 0) is 6.92 Å². The maximum atomic E-state index is 11.8. The second-order valence-electron chi connectivity index (χ2n) is 4.65. The van der Waals surface area contributed by atoms with Gasteiger partial charge in [0.15, 0.2) is 5.82 Å². The number of morpholine rings is 1. The van der Waals surface area contributed by atoms with Gasteiger partial charge in [-0.1, -0.05) is 0 Å². The Kier molecular flexibility index (Phi) is 4.33. The molecule has 0 spiro atoms. The molecule has 0 radical (unpaired) electrons. The molecular formula is C12H20N4O2. The molecule has 18 heavy (non-hydrogen) atoms. The van der Waals surface area contributed by atoms with Crippen molar-refractivity contribution in [3.8, 4) is 0 Å². The first-order chi connectivity index (χ1) is 8.66. The van der Waals surface area contributed by atoms with Gasteiger partial charge in [-0.25, -0.2) is 4.98 Å². The van der Waals surface area contributed by atoms with Gasteiger partial charge in [0.1, 0.15) is 0 Å². The molecule has 1 atom stereocenters. The molecule has 100 valence electrons. The number of aryl methyl sites for hydroxylation is 1. The predicted molar refractivity (Wildman–Crippen MR) is 69.8 cm³/mol. The number of nitrogens with zero attached hydrogens (tertiary/aromatic N) is 3. The van der Waals surface area contributed by atoms with Crippen LogP contribution in [0.25, 0.3) is 0 Å². The minimum absolute atomic E-state index is 0.0914. The zero-order chi connectivity index (χ0) is 13.0. The highest BCUT2D eigenvalue weighted by molar-refractivity contribution is 5.31. The first kappa shape index (κ1) is 13.0. The summed E-state index contributed by atoms with van der Waals surface area (Å²) in [5.74, 6) is 0.417. The van der Waals surface area contributed by atoms with E-state index in [2.05, 4.69) is 22.1 Å². The maximum Gasteiger partial charge on any atom is 0.293 e. The summed E-state index contributed by atoms with van der Waals surface area (Å²) in [4.78, 5) is 18.2. The summed E-state index contributed by atoms with van der Waals surface area (Å²) >= 11 is 0. The van der Waals surface area contributed by atoms with Crippen LogP contribution in [-0.4, -0.2) is 53.3 Å². The Morgan fingerprint density at radius 1 is 1.50 bits per heavy atom. The molecule has 1 unspecified atom stereocenters. The van der Waals surface area contributed by atoms with Crippen molar-refractivity contribution in [1.82, 2.24) is 14.5 Å². The van der Waals surface area contributed by atoms with E-state index in [0.29, 0.717) is 5.82 Å². The normalized spacial score (nSPS) is 18.6. The van der Waals surface area contributed by atoms with Gasteiger partial charge in [0, 0.05) is 45.1 Å². The topological polar surface area (TPSA) is 59.4 Å². The summed E-state index contributed by atoms with van der Waals surface area (Å²) in [6.45, 7) is 6.43. The Morgan fingerprint density at radius 3 is 2.94 bits per heavy atom. The van der Waals surface area contributed by atoms with Crippen LogP contribution in [0.1, 0.15) is 6.92 Å². The molecule has 1 aliphatic heterocycles. The van der Waals surface area contributed by atoms with Gasteiger partial charge in [-0.3, -0.25) is 9.69 Å². The van der Waals surface area contributed by atoms with E-state index in [4.69, 9.17) is 4.74 Å². The lowest BCUT2D eigenvalue weighted by molar-refractivity contribution is 0.0368. The lowest BCUT2D eigenvalue weighted by Crippen LogP contribution is -2.42. The van der Waals surface area contributed by atoms with Gasteiger partial charge < -0.3 is 14.6 Å². The minimum atomic E-state index is -0.0914. The Bertz CT molecular complexity index is 440. The molecule has 1 N–H and O–H groups in total. The second kappa shape index (κ2) is 5.97. The van der Waals surface area contributed by atoms with Gasteiger partial charge in [0.2, 0.25) is 0 Å². The molecule has 0 saturated carbocycles. The predicted octanol–water partition coefficient (Wildman–Crippen LogP) is -0.0871. The van der Waals surface area contributed by atoms with Crippen molar-refractivity contribution >= 4 is 5.82 Å². The van der Waals surface area contributed by atoms with Crippen molar-refractivity contribution in [2.75, 3.05) is 38.2 Å². The molecule has 6 nitrogen and oxygen atoms in total. The first-order valence-electron chi connectivity index (χ1n) is 6.25. The molecular weight excluding hydrogens is 232 g/mol. The van der Waals surface area contributed by atoms with Crippen LogP contribution in [-0.2, 0) is 11.8 Å². The fourth-order valence-electron chi connectivity index (χ4n) is 2.05. The van der Waals surface area contributed by atoms with E-state index >= 15 is 0 Å². The zero-order valence-corrected chi connectivity index (χ0v) is 10.9. The maximum absolute atomic E-state index is 11.8. The van der Waals surface area contributed by atoms with Crippen LogP contribution in [0.2, 0.25) is 0 Å². The highest BCUT2D eigenvalue weighted by atomic mass is 16.5. The van der Waals surface area contributed by atoms with Crippen LogP contribution >= 0.6 is 0 Å². The van der Waals surface area contributed by atoms with E-state index in [1.54, 1.807) is 19.4 Å². The molecule has 1 saturated heterocycles. The number of anilines is 1. The summed E-state index contributed by atoms with van der Waals surface area (Å²) in [6.07, 6.45) is 3.28. The fraction of sp³-hybridized carbons (Fsp3) is 0.667. The number of nitrogens with one attached hydrogen (secondary N) is 1. The van der Waals surface area contributed by atoms with Crippen LogP contribution in [0, 0.1) is 0 Å². The van der Waals surface area contributed by atoms with E-state index in [-0.39, 0.29) is 11.6 Å². The van der Waals surface area contributed by atoms with Crippen molar-refractivity contribution in [3.63, 3.8) is 0 Å². The van der Waals surface area contributed by atoms with Gasteiger partial charge >= 0.3 is 0 Å². The Hall–Kier alpha value is -1.40. The summed E-state index contributed by atoms with van der Waals surface area (Å²) in [5, 5.41) is 3.17. The molecule has 2 rings (SSSR count). The standard InChI is InChI=1S/C12H20N4O2/c1-10(9-16-5-7-18-8-6-16)14-11-12(17)15(2)4-3-13-11/h3-4,10H,5-9H2,1-2H3,(H,13,14). The number of hydrogen-bond acceptors (Lipinski definition) is 5. The van der Waals surface area contributed by atoms with Crippen LogP contribution in [0.4, 0.5) is 5.82 Å². The minimum Gasteiger partial charge on any atom is -0.379 e. The Balaban J connectivity index is 1.92. The largest absolute Gasteiger partial charge is 0.379 e. The van der Waals surface area contributed by atoms with E-state index in [1.807, 2.05) is 0 Å². The number of aromatic nitrogens is 2. The van der Waals surface area contributed by atoms with Crippen LogP contribution < -0.4 is 10.9 Å². The average Bonchev–Trinajstić information content (AvgIpc) is 2.36. The van der Waals surface area contributed by atoms with Gasteiger partial charge in [0.05, 0.1) is 13.2 Å². The molecule has 2 heterocycles. The second-order valence-corrected chi connectivity index (χ2v) is 4.65. The third-order valence-electron chi connectivity index (χ3n) is 3.04. The third kappa shape index (κ3) is 3.30.